The van der Waals surface area contributed by atoms with Crippen molar-refractivity contribution in [3.05, 3.63) is 11.9 Å². The zero-order valence-electron chi connectivity index (χ0n) is 10.3. The van der Waals surface area contributed by atoms with Crippen molar-refractivity contribution in [3.63, 3.8) is 0 Å². The van der Waals surface area contributed by atoms with Gasteiger partial charge in [0.25, 0.3) is 0 Å². The number of anilines is 2. The van der Waals surface area contributed by atoms with Crippen molar-refractivity contribution in [1.82, 2.24) is 9.97 Å². The zero-order chi connectivity index (χ0) is 12.3. The summed E-state index contributed by atoms with van der Waals surface area (Å²) in [7, 11) is 1.76. The Morgan fingerprint density at radius 2 is 2.35 bits per heavy atom. The van der Waals surface area contributed by atoms with E-state index < -0.39 is 0 Å². The summed E-state index contributed by atoms with van der Waals surface area (Å²) in [5, 5.41) is 0. The summed E-state index contributed by atoms with van der Waals surface area (Å²) >= 11 is 0. The monoisotopic (exact) mass is 237 g/mol. The first-order valence-corrected chi connectivity index (χ1v) is 5.83. The molecule has 2 heterocycles. The van der Waals surface area contributed by atoms with Crippen LogP contribution in [0.25, 0.3) is 0 Å². The van der Waals surface area contributed by atoms with Crippen LogP contribution >= 0.6 is 0 Å². The highest BCUT2D eigenvalue weighted by Gasteiger charge is 2.21. The number of nitrogens with one attached hydrogen (secondary N) is 1. The first-order chi connectivity index (χ1) is 8.22. The van der Waals surface area contributed by atoms with Gasteiger partial charge in [-0.1, -0.05) is 0 Å². The van der Waals surface area contributed by atoms with Gasteiger partial charge in [-0.25, -0.2) is 15.8 Å². The van der Waals surface area contributed by atoms with Crippen LogP contribution in [0.1, 0.15) is 18.7 Å². The molecule has 1 aromatic heterocycles. The van der Waals surface area contributed by atoms with Gasteiger partial charge in [0, 0.05) is 26.3 Å². The third-order valence-corrected chi connectivity index (χ3v) is 3.01. The molecule has 0 bridgehead atoms. The molecule has 0 saturated carbocycles. The van der Waals surface area contributed by atoms with Crippen LogP contribution in [0.5, 0.6) is 0 Å². The van der Waals surface area contributed by atoms with E-state index in [2.05, 4.69) is 20.3 Å². The number of nitrogens with zero attached hydrogens (tertiary/aromatic N) is 3. The normalized spacial score (nSPS) is 20.4. The van der Waals surface area contributed by atoms with Gasteiger partial charge in [0.05, 0.1) is 6.10 Å². The number of hydrogen-bond acceptors (Lipinski definition) is 6. The summed E-state index contributed by atoms with van der Waals surface area (Å²) in [4.78, 5) is 10.8. The molecule has 1 saturated heterocycles. The van der Waals surface area contributed by atoms with Gasteiger partial charge in [0.1, 0.15) is 17.5 Å². The van der Waals surface area contributed by atoms with Crippen LogP contribution in [0.4, 0.5) is 11.6 Å². The van der Waals surface area contributed by atoms with E-state index in [1.54, 1.807) is 7.11 Å². The maximum atomic E-state index is 5.40. The molecule has 1 unspecified atom stereocenters. The molecule has 1 aliphatic heterocycles. The lowest BCUT2D eigenvalue weighted by atomic mass is 10.1. The molecule has 17 heavy (non-hydrogen) atoms. The van der Waals surface area contributed by atoms with Crippen LogP contribution in [-0.4, -0.2) is 36.3 Å². The molecule has 3 N–H and O–H groups in total. The van der Waals surface area contributed by atoms with E-state index >= 15 is 0 Å². The SMILES string of the molecule is COC1CCCN(c2cc(NN)nc(C)n2)C1. The third kappa shape index (κ3) is 2.83. The fourth-order valence-electron chi connectivity index (χ4n) is 2.13. The van der Waals surface area contributed by atoms with Gasteiger partial charge in [0.2, 0.25) is 0 Å². The molecule has 6 heteroatoms. The second kappa shape index (κ2) is 5.29. The number of nitrogens with two attached hydrogens (primary N) is 1. The largest absolute Gasteiger partial charge is 0.380 e. The number of aryl methyl sites for hydroxylation is 1. The van der Waals surface area contributed by atoms with Crippen LogP contribution < -0.4 is 16.2 Å². The standard InChI is InChI=1S/C11H19N5O/c1-8-13-10(15-12)6-11(14-8)16-5-3-4-9(7-16)17-2/h6,9H,3-5,7,12H2,1-2H3,(H,13,14,15). The summed E-state index contributed by atoms with van der Waals surface area (Å²) in [6, 6.07) is 1.87. The van der Waals surface area contributed by atoms with Crippen molar-refractivity contribution in [3.8, 4) is 0 Å². The van der Waals surface area contributed by atoms with E-state index in [-0.39, 0.29) is 6.10 Å². The first-order valence-electron chi connectivity index (χ1n) is 5.83. The minimum absolute atomic E-state index is 0.285. The fraction of sp³-hybridized carbons (Fsp3) is 0.636. The van der Waals surface area contributed by atoms with Gasteiger partial charge < -0.3 is 15.1 Å². The van der Waals surface area contributed by atoms with E-state index in [4.69, 9.17) is 10.6 Å². The van der Waals surface area contributed by atoms with E-state index in [0.29, 0.717) is 5.82 Å². The summed E-state index contributed by atoms with van der Waals surface area (Å²) in [6.45, 7) is 3.74. The van der Waals surface area contributed by atoms with Crippen LogP contribution in [0, 0.1) is 6.92 Å². The van der Waals surface area contributed by atoms with Crippen molar-refractivity contribution < 1.29 is 4.74 Å². The maximum Gasteiger partial charge on any atom is 0.145 e. The lowest BCUT2D eigenvalue weighted by Gasteiger charge is -2.32. The van der Waals surface area contributed by atoms with Gasteiger partial charge in [0.15, 0.2) is 0 Å². The van der Waals surface area contributed by atoms with Crippen molar-refractivity contribution in [1.29, 1.82) is 0 Å². The maximum absolute atomic E-state index is 5.40. The van der Waals surface area contributed by atoms with Crippen LogP contribution in [0.2, 0.25) is 0 Å². The Hall–Kier alpha value is -1.40. The van der Waals surface area contributed by atoms with Gasteiger partial charge in [-0.2, -0.15) is 0 Å². The second-order valence-corrected chi connectivity index (χ2v) is 4.25. The Morgan fingerprint density at radius 3 is 3.06 bits per heavy atom. The summed E-state index contributed by atoms with van der Waals surface area (Å²) in [6.07, 6.45) is 2.51. The molecule has 1 atom stereocenters. The number of ether oxygens (including phenoxy) is 1. The van der Waals surface area contributed by atoms with Crippen molar-refractivity contribution in [2.45, 2.75) is 25.9 Å². The predicted octanol–water partition coefficient (Wildman–Crippen LogP) is 0.686. The molecule has 6 nitrogen and oxygen atoms in total. The molecule has 1 fully saturated rings. The summed E-state index contributed by atoms with van der Waals surface area (Å²) in [5.41, 5.74) is 2.56. The highest BCUT2D eigenvalue weighted by molar-refractivity contribution is 5.49. The molecule has 0 radical (unpaired) electrons. The van der Waals surface area contributed by atoms with Gasteiger partial charge in [-0.05, 0) is 19.8 Å². The van der Waals surface area contributed by atoms with Crippen molar-refractivity contribution >= 4 is 11.6 Å². The zero-order valence-corrected chi connectivity index (χ0v) is 10.3. The average molecular weight is 237 g/mol. The molecule has 0 spiro atoms. The smallest absolute Gasteiger partial charge is 0.145 e. The number of hydrogen-bond donors (Lipinski definition) is 2. The molecule has 2 rings (SSSR count). The molecule has 1 aliphatic rings. The van der Waals surface area contributed by atoms with Crippen molar-refractivity contribution in [2.24, 2.45) is 5.84 Å². The summed E-state index contributed by atoms with van der Waals surface area (Å²) in [5.74, 6) is 7.66. The average Bonchev–Trinajstić information content (AvgIpc) is 2.38. The Morgan fingerprint density at radius 1 is 1.53 bits per heavy atom. The number of piperidine rings is 1. The van der Waals surface area contributed by atoms with Gasteiger partial charge in [-0.3, -0.25) is 0 Å². The number of hydrazine groups is 1. The Kier molecular flexibility index (Phi) is 3.75. The van der Waals surface area contributed by atoms with Gasteiger partial charge >= 0.3 is 0 Å². The van der Waals surface area contributed by atoms with Crippen LogP contribution in [0.15, 0.2) is 6.07 Å². The van der Waals surface area contributed by atoms with Crippen LogP contribution in [-0.2, 0) is 4.74 Å². The van der Waals surface area contributed by atoms with E-state index in [1.807, 2.05) is 13.0 Å². The molecule has 0 amide bonds. The quantitative estimate of drug-likeness (QED) is 0.595. The number of rotatable bonds is 3. The first kappa shape index (κ1) is 12.1. The minimum atomic E-state index is 0.285. The Balaban J connectivity index is 2.18. The lowest BCUT2D eigenvalue weighted by Crippen LogP contribution is -2.39. The highest BCUT2D eigenvalue weighted by Crippen LogP contribution is 2.21. The minimum Gasteiger partial charge on any atom is -0.380 e. The predicted molar refractivity (Wildman–Crippen MR) is 66.8 cm³/mol. The third-order valence-electron chi connectivity index (χ3n) is 3.01. The molecule has 0 aromatic carbocycles. The fourth-order valence-corrected chi connectivity index (χ4v) is 2.13. The van der Waals surface area contributed by atoms with E-state index in [9.17, 15) is 0 Å². The highest BCUT2D eigenvalue weighted by atomic mass is 16.5. The molecule has 0 aliphatic carbocycles. The topological polar surface area (TPSA) is 76.3 Å². The van der Waals surface area contributed by atoms with Gasteiger partial charge in [-0.15, -0.1) is 0 Å². The Labute approximate surface area is 101 Å². The van der Waals surface area contributed by atoms with Crippen molar-refractivity contribution in [2.75, 3.05) is 30.5 Å². The lowest BCUT2D eigenvalue weighted by molar-refractivity contribution is 0.0891. The summed E-state index contributed by atoms with van der Waals surface area (Å²) < 4.78 is 5.40. The Bertz CT molecular complexity index is 384. The molecule has 94 valence electrons. The number of methoxy groups -OCH3 is 1. The number of aromatic nitrogens is 2. The molecular weight excluding hydrogens is 218 g/mol. The van der Waals surface area contributed by atoms with E-state index in [0.717, 1.165) is 37.6 Å². The number of nitrogen functional groups attached to an aromatic ring is 1. The molecule has 1 aromatic rings. The van der Waals surface area contributed by atoms with Crippen LogP contribution in [0.3, 0.4) is 0 Å². The van der Waals surface area contributed by atoms with E-state index in [1.165, 1.54) is 0 Å². The second-order valence-electron chi connectivity index (χ2n) is 4.25. The molecular formula is C11H19N5O.